The van der Waals surface area contributed by atoms with Gasteiger partial charge in [-0.2, -0.15) is 0 Å². The third kappa shape index (κ3) is 3.75. The van der Waals surface area contributed by atoms with E-state index in [4.69, 9.17) is 0 Å². The molecule has 0 spiro atoms. The average molecular weight is 308 g/mol. The Labute approximate surface area is 129 Å². The Morgan fingerprint density at radius 3 is 2.36 bits per heavy atom. The van der Waals surface area contributed by atoms with Crippen LogP contribution in [0.25, 0.3) is 0 Å². The molecule has 120 valence electrons. The van der Waals surface area contributed by atoms with Crippen LogP contribution in [0.3, 0.4) is 0 Å². The molecule has 0 aromatic heterocycles. The molecule has 5 nitrogen and oxygen atoms in total. The third-order valence-corrected chi connectivity index (χ3v) is 3.93. The van der Waals surface area contributed by atoms with Crippen molar-refractivity contribution in [1.29, 1.82) is 0 Å². The first-order valence-corrected chi connectivity index (χ1v) is 7.38. The number of hydrogen-bond acceptors (Lipinski definition) is 3. The molecule has 0 N–H and O–H groups in total. The summed E-state index contributed by atoms with van der Waals surface area (Å²) in [6, 6.07) is 6.51. The van der Waals surface area contributed by atoms with E-state index < -0.39 is 0 Å². The van der Waals surface area contributed by atoms with Crippen molar-refractivity contribution in [3.05, 3.63) is 35.6 Å². The highest BCUT2D eigenvalue weighted by Gasteiger charge is 2.27. The SMILES string of the molecule is COC(=O)N1CCN(C(=O)C(C)Cc2ccccc2F)CC1. The van der Waals surface area contributed by atoms with Crippen LogP contribution in [-0.4, -0.2) is 55.1 Å². The van der Waals surface area contributed by atoms with Crippen molar-refractivity contribution in [2.45, 2.75) is 13.3 Å². The number of piperazine rings is 1. The minimum Gasteiger partial charge on any atom is -0.453 e. The maximum atomic E-state index is 13.7. The van der Waals surface area contributed by atoms with Crippen LogP contribution < -0.4 is 0 Å². The van der Waals surface area contributed by atoms with Gasteiger partial charge in [-0.15, -0.1) is 0 Å². The van der Waals surface area contributed by atoms with Crippen LogP contribution in [0.5, 0.6) is 0 Å². The minimum absolute atomic E-state index is 0.00670. The van der Waals surface area contributed by atoms with Crippen molar-refractivity contribution >= 4 is 12.0 Å². The monoisotopic (exact) mass is 308 g/mol. The molecule has 1 aromatic carbocycles. The molecule has 22 heavy (non-hydrogen) atoms. The fourth-order valence-electron chi connectivity index (χ4n) is 2.63. The van der Waals surface area contributed by atoms with E-state index in [0.717, 1.165) is 0 Å². The Balaban J connectivity index is 1.89. The summed E-state index contributed by atoms with van der Waals surface area (Å²) in [7, 11) is 1.34. The lowest BCUT2D eigenvalue weighted by Gasteiger charge is -2.35. The molecule has 1 fully saturated rings. The van der Waals surface area contributed by atoms with Gasteiger partial charge >= 0.3 is 6.09 Å². The van der Waals surface area contributed by atoms with Crippen LogP contribution in [0.2, 0.25) is 0 Å². The van der Waals surface area contributed by atoms with Crippen LogP contribution >= 0.6 is 0 Å². The molecule has 1 aliphatic rings. The smallest absolute Gasteiger partial charge is 0.409 e. The van der Waals surface area contributed by atoms with Gasteiger partial charge in [0, 0.05) is 32.1 Å². The zero-order valence-electron chi connectivity index (χ0n) is 12.9. The fraction of sp³-hybridized carbons (Fsp3) is 0.500. The van der Waals surface area contributed by atoms with Crippen LogP contribution in [-0.2, 0) is 16.0 Å². The fourth-order valence-corrected chi connectivity index (χ4v) is 2.63. The van der Waals surface area contributed by atoms with E-state index in [1.54, 1.807) is 34.9 Å². The van der Waals surface area contributed by atoms with Gasteiger partial charge in [-0.3, -0.25) is 4.79 Å². The highest BCUT2D eigenvalue weighted by atomic mass is 19.1. The van der Waals surface area contributed by atoms with E-state index in [9.17, 15) is 14.0 Å². The minimum atomic E-state index is -0.369. The van der Waals surface area contributed by atoms with E-state index in [0.29, 0.717) is 38.2 Å². The molecule has 0 bridgehead atoms. The second kappa shape index (κ2) is 7.24. The second-order valence-corrected chi connectivity index (χ2v) is 5.48. The Morgan fingerprint density at radius 2 is 1.77 bits per heavy atom. The third-order valence-electron chi connectivity index (χ3n) is 3.93. The first kappa shape index (κ1) is 16.3. The lowest BCUT2D eigenvalue weighted by molar-refractivity contribution is -0.136. The molecule has 1 aromatic rings. The summed E-state index contributed by atoms with van der Waals surface area (Å²) in [5, 5.41) is 0. The molecule has 2 amide bonds. The van der Waals surface area contributed by atoms with Gasteiger partial charge in [-0.1, -0.05) is 25.1 Å². The number of methoxy groups -OCH3 is 1. The predicted octanol–water partition coefficient (Wildman–Crippen LogP) is 1.91. The van der Waals surface area contributed by atoms with Crippen molar-refractivity contribution in [1.82, 2.24) is 9.80 Å². The van der Waals surface area contributed by atoms with Gasteiger partial charge in [-0.05, 0) is 18.1 Å². The molecule has 6 heteroatoms. The van der Waals surface area contributed by atoms with Gasteiger partial charge in [0.2, 0.25) is 5.91 Å². The van der Waals surface area contributed by atoms with Gasteiger partial charge in [0.25, 0.3) is 0 Å². The van der Waals surface area contributed by atoms with Crippen molar-refractivity contribution in [2.75, 3.05) is 33.3 Å². The predicted molar refractivity (Wildman–Crippen MR) is 79.8 cm³/mol. The molecular formula is C16H21FN2O3. The van der Waals surface area contributed by atoms with Crippen molar-refractivity contribution < 1.29 is 18.7 Å². The zero-order chi connectivity index (χ0) is 16.1. The molecule has 2 rings (SSSR count). The van der Waals surface area contributed by atoms with Crippen molar-refractivity contribution in [3.63, 3.8) is 0 Å². The Kier molecular flexibility index (Phi) is 5.35. The standard InChI is InChI=1S/C16H21FN2O3/c1-12(11-13-5-3-4-6-14(13)17)15(20)18-7-9-19(10-8-18)16(21)22-2/h3-6,12H,7-11H2,1-2H3. The number of ether oxygens (including phenoxy) is 1. The summed E-state index contributed by atoms with van der Waals surface area (Å²) in [6.07, 6.45) is 0.00872. The summed E-state index contributed by atoms with van der Waals surface area (Å²) in [5.41, 5.74) is 0.552. The summed E-state index contributed by atoms with van der Waals surface area (Å²) < 4.78 is 18.3. The number of amides is 2. The summed E-state index contributed by atoms with van der Waals surface area (Å²) in [6.45, 7) is 3.70. The normalized spacial score (nSPS) is 16.3. The number of halogens is 1. The average Bonchev–Trinajstić information content (AvgIpc) is 2.55. The summed E-state index contributed by atoms with van der Waals surface area (Å²) >= 11 is 0. The first-order chi connectivity index (χ1) is 10.5. The largest absolute Gasteiger partial charge is 0.453 e. The van der Waals surface area contributed by atoms with Gasteiger partial charge in [0.15, 0.2) is 0 Å². The van der Waals surface area contributed by atoms with E-state index in [1.807, 2.05) is 0 Å². The number of carbonyl (C=O) groups excluding carboxylic acids is 2. The number of benzene rings is 1. The summed E-state index contributed by atoms with van der Waals surface area (Å²) in [4.78, 5) is 27.1. The molecule has 1 saturated heterocycles. The van der Waals surface area contributed by atoms with E-state index in [2.05, 4.69) is 4.74 Å². The van der Waals surface area contributed by atoms with E-state index >= 15 is 0 Å². The molecule has 0 saturated carbocycles. The van der Waals surface area contributed by atoms with E-state index in [1.165, 1.54) is 13.2 Å². The molecule has 0 aliphatic carbocycles. The topological polar surface area (TPSA) is 49.9 Å². The van der Waals surface area contributed by atoms with Crippen molar-refractivity contribution in [3.8, 4) is 0 Å². The van der Waals surface area contributed by atoms with Crippen LogP contribution in [0, 0.1) is 11.7 Å². The van der Waals surface area contributed by atoms with Gasteiger partial charge in [-0.25, -0.2) is 9.18 Å². The first-order valence-electron chi connectivity index (χ1n) is 7.38. The molecular weight excluding hydrogens is 287 g/mol. The Hall–Kier alpha value is -2.11. The lowest BCUT2D eigenvalue weighted by atomic mass is 9.99. The molecule has 1 unspecified atom stereocenters. The maximum Gasteiger partial charge on any atom is 0.409 e. The number of hydrogen-bond donors (Lipinski definition) is 0. The van der Waals surface area contributed by atoms with Gasteiger partial charge < -0.3 is 14.5 Å². The Bertz CT molecular complexity index is 542. The zero-order valence-corrected chi connectivity index (χ0v) is 12.9. The van der Waals surface area contributed by atoms with Crippen molar-refractivity contribution in [2.24, 2.45) is 5.92 Å². The number of carbonyl (C=O) groups is 2. The second-order valence-electron chi connectivity index (χ2n) is 5.48. The summed E-state index contributed by atoms with van der Waals surface area (Å²) in [5.74, 6) is -0.577. The molecule has 0 radical (unpaired) electrons. The molecule has 1 aliphatic heterocycles. The Morgan fingerprint density at radius 1 is 1.18 bits per heavy atom. The number of rotatable bonds is 3. The number of nitrogens with zero attached hydrogens (tertiary/aromatic N) is 2. The van der Waals surface area contributed by atoms with E-state index in [-0.39, 0.29) is 23.7 Å². The van der Waals surface area contributed by atoms with Crippen LogP contribution in [0.1, 0.15) is 12.5 Å². The highest BCUT2D eigenvalue weighted by molar-refractivity contribution is 5.79. The molecule has 1 atom stereocenters. The molecule has 1 heterocycles. The quantitative estimate of drug-likeness (QED) is 0.857. The van der Waals surface area contributed by atoms with Gasteiger partial charge in [0.1, 0.15) is 5.82 Å². The van der Waals surface area contributed by atoms with Crippen LogP contribution in [0.4, 0.5) is 9.18 Å². The van der Waals surface area contributed by atoms with Crippen LogP contribution in [0.15, 0.2) is 24.3 Å². The maximum absolute atomic E-state index is 13.7. The lowest BCUT2D eigenvalue weighted by Crippen LogP contribution is -2.51. The van der Waals surface area contributed by atoms with Gasteiger partial charge in [0.05, 0.1) is 7.11 Å². The highest BCUT2D eigenvalue weighted by Crippen LogP contribution is 2.16.